The Balaban J connectivity index is 1.55. The second-order valence-corrected chi connectivity index (χ2v) is 6.13. The van der Waals surface area contributed by atoms with Crippen molar-refractivity contribution >= 4 is 11.6 Å². The van der Waals surface area contributed by atoms with Crippen LogP contribution >= 0.6 is 0 Å². The summed E-state index contributed by atoms with van der Waals surface area (Å²) in [6.07, 6.45) is 1.01. The van der Waals surface area contributed by atoms with Crippen molar-refractivity contribution in [1.29, 1.82) is 0 Å². The first-order valence-electron chi connectivity index (χ1n) is 8.56. The highest BCUT2D eigenvalue weighted by molar-refractivity contribution is 5.94. The molecule has 0 bridgehead atoms. The van der Waals surface area contributed by atoms with Gasteiger partial charge in [-0.15, -0.1) is 0 Å². The third-order valence-corrected chi connectivity index (χ3v) is 4.45. The number of rotatable bonds is 3. The molecule has 0 aliphatic carbocycles. The van der Waals surface area contributed by atoms with E-state index in [4.69, 9.17) is 15.2 Å². The number of fused-ring (bicyclic) bond motifs is 2. The van der Waals surface area contributed by atoms with Crippen molar-refractivity contribution in [2.75, 3.05) is 31.7 Å². The van der Waals surface area contributed by atoms with Crippen LogP contribution in [0.5, 0.6) is 11.5 Å². The van der Waals surface area contributed by atoms with Crippen LogP contribution < -0.4 is 20.5 Å². The maximum absolute atomic E-state index is 5.66. The molecule has 6 nitrogen and oxygen atoms in total. The lowest BCUT2D eigenvalue weighted by Gasteiger charge is -2.32. The minimum atomic E-state index is 0.274. The number of guanidine groups is 1. The summed E-state index contributed by atoms with van der Waals surface area (Å²) in [6, 6.07) is 14.4. The van der Waals surface area contributed by atoms with E-state index in [2.05, 4.69) is 39.5 Å². The van der Waals surface area contributed by atoms with Gasteiger partial charge >= 0.3 is 0 Å². The SMILES string of the molecule is NCCN=C(Nc1ccc2c(c1)OCO2)N1CCc2ccccc2C1. The van der Waals surface area contributed by atoms with E-state index in [9.17, 15) is 0 Å². The van der Waals surface area contributed by atoms with Gasteiger partial charge in [-0.25, -0.2) is 0 Å². The zero-order valence-electron chi connectivity index (χ0n) is 14.1. The molecule has 0 radical (unpaired) electrons. The van der Waals surface area contributed by atoms with Crippen LogP contribution in [0, 0.1) is 0 Å². The van der Waals surface area contributed by atoms with Crippen LogP contribution in [0.25, 0.3) is 0 Å². The lowest BCUT2D eigenvalue weighted by molar-refractivity contribution is 0.174. The Morgan fingerprint density at radius 1 is 1.12 bits per heavy atom. The van der Waals surface area contributed by atoms with Crippen molar-refractivity contribution in [3.05, 3.63) is 53.6 Å². The molecule has 0 fully saturated rings. The van der Waals surface area contributed by atoms with Crippen molar-refractivity contribution in [2.24, 2.45) is 10.7 Å². The van der Waals surface area contributed by atoms with Crippen LogP contribution in [0.15, 0.2) is 47.5 Å². The van der Waals surface area contributed by atoms with Crippen LogP contribution in [0.1, 0.15) is 11.1 Å². The molecule has 6 heteroatoms. The van der Waals surface area contributed by atoms with Crippen molar-refractivity contribution in [3.8, 4) is 11.5 Å². The van der Waals surface area contributed by atoms with Crippen LogP contribution in [-0.4, -0.2) is 37.3 Å². The number of nitrogens with one attached hydrogen (secondary N) is 1. The minimum absolute atomic E-state index is 0.274. The summed E-state index contributed by atoms with van der Waals surface area (Å²) < 4.78 is 10.8. The maximum atomic E-state index is 5.66. The minimum Gasteiger partial charge on any atom is -0.454 e. The van der Waals surface area contributed by atoms with Gasteiger partial charge in [-0.3, -0.25) is 4.99 Å². The normalized spacial score (nSPS) is 15.9. The summed E-state index contributed by atoms with van der Waals surface area (Å²) in [7, 11) is 0. The van der Waals surface area contributed by atoms with Gasteiger partial charge < -0.3 is 25.4 Å². The fraction of sp³-hybridized carbons (Fsp3) is 0.316. The highest BCUT2D eigenvalue weighted by Crippen LogP contribution is 2.34. The Morgan fingerprint density at radius 2 is 1.96 bits per heavy atom. The molecular formula is C19H22N4O2. The average Bonchev–Trinajstić information content (AvgIpc) is 3.12. The Hall–Kier alpha value is -2.73. The molecule has 0 amide bonds. The molecule has 0 saturated heterocycles. The highest BCUT2D eigenvalue weighted by atomic mass is 16.7. The summed E-state index contributed by atoms with van der Waals surface area (Å²) in [4.78, 5) is 6.93. The van der Waals surface area contributed by atoms with E-state index in [1.807, 2.05) is 18.2 Å². The smallest absolute Gasteiger partial charge is 0.231 e. The first-order chi connectivity index (χ1) is 12.3. The van der Waals surface area contributed by atoms with E-state index in [0.717, 1.165) is 42.7 Å². The molecule has 130 valence electrons. The van der Waals surface area contributed by atoms with Crippen molar-refractivity contribution in [2.45, 2.75) is 13.0 Å². The van der Waals surface area contributed by atoms with Gasteiger partial charge in [0.1, 0.15) is 0 Å². The lowest BCUT2D eigenvalue weighted by atomic mass is 10.0. The van der Waals surface area contributed by atoms with E-state index in [0.29, 0.717) is 13.1 Å². The number of hydrogen-bond acceptors (Lipinski definition) is 4. The zero-order valence-corrected chi connectivity index (χ0v) is 14.1. The zero-order chi connectivity index (χ0) is 17.1. The van der Waals surface area contributed by atoms with Gasteiger partial charge in [0.05, 0.1) is 6.54 Å². The molecule has 0 unspecified atom stereocenters. The van der Waals surface area contributed by atoms with Crippen LogP contribution in [0.4, 0.5) is 5.69 Å². The average molecular weight is 338 g/mol. The Bertz CT molecular complexity index is 791. The third-order valence-electron chi connectivity index (χ3n) is 4.45. The van der Waals surface area contributed by atoms with E-state index in [1.54, 1.807) is 0 Å². The molecule has 2 aliphatic rings. The van der Waals surface area contributed by atoms with Crippen LogP contribution in [-0.2, 0) is 13.0 Å². The molecule has 2 aromatic rings. The van der Waals surface area contributed by atoms with E-state index >= 15 is 0 Å². The van der Waals surface area contributed by atoms with E-state index in [1.165, 1.54) is 11.1 Å². The molecule has 2 heterocycles. The first-order valence-corrected chi connectivity index (χ1v) is 8.56. The number of benzene rings is 2. The fourth-order valence-corrected chi connectivity index (χ4v) is 3.17. The molecule has 0 aromatic heterocycles. The topological polar surface area (TPSA) is 72.1 Å². The van der Waals surface area contributed by atoms with Gasteiger partial charge in [0.15, 0.2) is 17.5 Å². The second kappa shape index (κ2) is 7.03. The summed E-state index contributed by atoms with van der Waals surface area (Å²) in [5, 5.41) is 3.43. The molecule has 2 aliphatic heterocycles. The molecule has 0 atom stereocenters. The van der Waals surface area contributed by atoms with E-state index < -0.39 is 0 Å². The molecule has 0 spiro atoms. The molecule has 25 heavy (non-hydrogen) atoms. The third kappa shape index (κ3) is 3.39. The number of anilines is 1. The highest BCUT2D eigenvalue weighted by Gasteiger charge is 2.20. The lowest BCUT2D eigenvalue weighted by Crippen LogP contribution is -2.40. The molecule has 3 N–H and O–H groups in total. The number of hydrogen-bond donors (Lipinski definition) is 2. The number of nitrogens with zero attached hydrogens (tertiary/aromatic N) is 2. The van der Waals surface area contributed by atoms with Gasteiger partial charge in [-0.1, -0.05) is 24.3 Å². The Kier molecular flexibility index (Phi) is 4.43. The molecule has 4 rings (SSSR count). The summed E-state index contributed by atoms with van der Waals surface area (Å²) in [6.45, 7) is 3.16. The summed E-state index contributed by atoms with van der Waals surface area (Å²) in [5.41, 5.74) is 9.36. The summed E-state index contributed by atoms with van der Waals surface area (Å²) in [5.74, 6) is 2.38. The van der Waals surface area contributed by atoms with E-state index in [-0.39, 0.29) is 6.79 Å². The van der Waals surface area contributed by atoms with Gasteiger partial charge in [-0.2, -0.15) is 0 Å². The predicted molar refractivity (Wildman–Crippen MR) is 98.1 cm³/mol. The first kappa shape index (κ1) is 15.8. The van der Waals surface area contributed by atoms with Crippen molar-refractivity contribution in [1.82, 2.24) is 4.90 Å². The monoisotopic (exact) mass is 338 g/mol. The number of ether oxygens (including phenoxy) is 2. The van der Waals surface area contributed by atoms with Gasteiger partial charge in [-0.05, 0) is 29.7 Å². The number of aliphatic imine (C=N–C) groups is 1. The van der Waals surface area contributed by atoms with Gasteiger partial charge in [0, 0.05) is 31.4 Å². The van der Waals surface area contributed by atoms with Crippen LogP contribution in [0.2, 0.25) is 0 Å². The van der Waals surface area contributed by atoms with Gasteiger partial charge in [0.2, 0.25) is 6.79 Å². The predicted octanol–water partition coefficient (Wildman–Crippen LogP) is 2.20. The Labute approximate surface area is 147 Å². The van der Waals surface area contributed by atoms with Crippen molar-refractivity contribution in [3.63, 3.8) is 0 Å². The number of nitrogens with two attached hydrogens (primary N) is 1. The standard InChI is InChI=1S/C19H22N4O2/c20-8-9-21-19(22-16-5-6-17-18(11-16)25-13-24-17)23-10-7-14-3-1-2-4-15(14)12-23/h1-6,11H,7-10,12-13,20H2,(H,21,22). The maximum Gasteiger partial charge on any atom is 0.231 e. The molecule has 2 aromatic carbocycles. The molecular weight excluding hydrogens is 316 g/mol. The largest absolute Gasteiger partial charge is 0.454 e. The van der Waals surface area contributed by atoms with Crippen molar-refractivity contribution < 1.29 is 9.47 Å². The Morgan fingerprint density at radius 3 is 2.84 bits per heavy atom. The van der Waals surface area contributed by atoms with Gasteiger partial charge in [0.25, 0.3) is 0 Å². The molecule has 0 saturated carbocycles. The van der Waals surface area contributed by atoms with Crippen LogP contribution in [0.3, 0.4) is 0 Å². The fourth-order valence-electron chi connectivity index (χ4n) is 3.17. The summed E-state index contributed by atoms with van der Waals surface area (Å²) >= 11 is 0. The quantitative estimate of drug-likeness (QED) is 0.663. The second-order valence-electron chi connectivity index (χ2n) is 6.13.